The van der Waals surface area contributed by atoms with Crippen LogP contribution in [0.5, 0.6) is 0 Å². The SMILES string of the molecule is CC[Si](CC)[C@@H]1CC(Cc2ccccc2)=CN(C(=O)c2ccc([N+](=O)[O-])cc2)C1. The average Bonchev–Trinajstić information content (AvgIpc) is 2.75. The first kappa shape index (κ1) is 21.0. The topological polar surface area (TPSA) is 63.5 Å². The zero-order chi connectivity index (χ0) is 20.8. The summed E-state index contributed by atoms with van der Waals surface area (Å²) in [5.41, 5.74) is 3.56. The summed E-state index contributed by atoms with van der Waals surface area (Å²) in [5.74, 6) is -0.0799. The minimum Gasteiger partial charge on any atom is -0.315 e. The Balaban J connectivity index is 1.86. The Morgan fingerprint density at radius 3 is 2.34 bits per heavy atom. The molecule has 1 aliphatic rings. The zero-order valence-electron chi connectivity index (χ0n) is 17.0. The maximum atomic E-state index is 13.1. The minimum atomic E-state index is -0.536. The molecule has 1 radical (unpaired) electrons. The van der Waals surface area contributed by atoms with E-state index in [-0.39, 0.29) is 11.6 Å². The Labute approximate surface area is 173 Å². The van der Waals surface area contributed by atoms with E-state index in [9.17, 15) is 14.9 Å². The van der Waals surface area contributed by atoms with E-state index < -0.39 is 13.7 Å². The van der Waals surface area contributed by atoms with Crippen LogP contribution in [0.1, 0.15) is 36.2 Å². The third-order valence-corrected chi connectivity index (χ3v) is 8.97. The third-order valence-electron chi connectivity index (χ3n) is 5.61. The Kier molecular flexibility index (Phi) is 6.98. The van der Waals surface area contributed by atoms with Gasteiger partial charge in [-0.25, -0.2) is 0 Å². The quantitative estimate of drug-likeness (QED) is 0.347. The molecule has 0 spiro atoms. The molecule has 0 saturated heterocycles. The first-order valence-corrected chi connectivity index (χ1v) is 12.1. The lowest BCUT2D eigenvalue weighted by molar-refractivity contribution is -0.384. The predicted octanol–water partition coefficient (Wildman–Crippen LogP) is 5.47. The Hall–Kier alpha value is -2.73. The van der Waals surface area contributed by atoms with Crippen LogP contribution >= 0.6 is 0 Å². The molecule has 1 aliphatic heterocycles. The van der Waals surface area contributed by atoms with E-state index in [2.05, 4.69) is 26.0 Å². The average molecular weight is 408 g/mol. The molecular formula is C23H27N2O3Si. The van der Waals surface area contributed by atoms with Crippen molar-refractivity contribution < 1.29 is 9.72 Å². The van der Waals surface area contributed by atoms with Crippen molar-refractivity contribution in [2.75, 3.05) is 6.54 Å². The molecule has 3 rings (SSSR count). The number of benzene rings is 2. The van der Waals surface area contributed by atoms with Crippen LogP contribution in [0.2, 0.25) is 17.6 Å². The fraction of sp³-hybridized carbons (Fsp3) is 0.348. The second-order valence-corrected chi connectivity index (χ2v) is 11.0. The van der Waals surface area contributed by atoms with Gasteiger partial charge in [-0.15, -0.1) is 0 Å². The number of nitro benzene ring substituents is 1. The van der Waals surface area contributed by atoms with Crippen LogP contribution in [-0.4, -0.2) is 31.1 Å². The van der Waals surface area contributed by atoms with Crippen LogP contribution in [-0.2, 0) is 6.42 Å². The Morgan fingerprint density at radius 1 is 1.10 bits per heavy atom. The van der Waals surface area contributed by atoms with Crippen molar-refractivity contribution in [3.05, 3.63) is 87.6 Å². The standard InChI is InChI=1S/C23H27N2O3Si/c1-3-29(4-2)22-15-19(14-18-8-6-5-7-9-18)16-24(17-22)23(26)20-10-12-21(13-11-20)25(27)28/h5-13,16,22H,3-4,14-15,17H2,1-2H3/t22-/m1/s1. The van der Waals surface area contributed by atoms with E-state index in [0.717, 1.165) is 19.4 Å². The van der Waals surface area contributed by atoms with Crippen LogP contribution in [0.4, 0.5) is 5.69 Å². The van der Waals surface area contributed by atoms with Gasteiger partial charge in [0.15, 0.2) is 0 Å². The largest absolute Gasteiger partial charge is 0.315 e. The lowest BCUT2D eigenvalue weighted by atomic mass is 9.98. The highest BCUT2D eigenvalue weighted by Gasteiger charge is 2.30. The lowest BCUT2D eigenvalue weighted by Crippen LogP contribution is -2.38. The predicted molar refractivity (Wildman–Crippen MR) is 117 cm³/mol. The second-order valence-electron chi connectivity index (χ2n) is 7.48. The van der Waals surface area contributed by atoms with Gasteiger partial charge in [-0.1, -0.05) is 56.3 Å². The van der Waals surface area contributed by atoms with Crippen molar-refractivity contribution in [2.45, 2.75) is 44.3 Å². The summed E-state index contributed by atoms with van der Waals surface area (Å²) in [7, 11) is -0.536. The number of non-ortho nitro benzene ring substituents is 1. The van der Waals surface area contributed by atoms with Gasteiger partial charge in [0, 0.05) is 30.4 Å². The number of nitrogens with zero attached hydrogens (tertiary/aromatic N) is 2. The molecule has 0 saturated carbocycles. The number of hydrogen-bond donors (Lipinski definition) is 0. The van der Waals surface area contributed by atoms with E-state index in [1.165, 1.54) is 35.4 Å². The number of nitro groups is 1. The van der Waals surface area contributed by atoms with Crippen molar-refractivity contribution in [1.29, 1.82) is 0 Å². The van der Waals surface area contributed by atoms with Crippen LogP contribution in [0.15, 0.2) is 66.4 Å². The van der Waals surface area contributed by atoms with Gasteiger partial charge >= 0.3 is 0 Å². The summed E-state index contributed by atoms with van der Waals surface area (Å²) in [4.78, 5) is 25.4. The molecule has 29 heavy (non-hydrogen) atoms. The Bertz CT molecular complexity index is 877. The maximum Gasteiger partial charge on any atom is 0.269 e. The number of allylic oxidation sites excluding steroid dienone is 1. The van der Waals surface area contributed by atoms with Crippen molar-refractivity contribution in [2.24, 2.45) is 0 Å². The summed E-state index contributed by atoms with van der Waals surface area (Å²) in [5, 5.41) is 10.9. The highest BCUT2D eigenvalue weighted by Crippen LogP contribution is 2.33. The fourth-order valence-electron chi connectivity index (χ4n) is 4.05. The number of hydrogen-bond acceptors (Lipinski definition) is 3. The summed E-state index contributed by atoms with van der Waals surface area (Å²) in [6, 6.07) is 18.7. The van der Waals surface area contributed by atoms with Gasteiger partial charge < -0.3 is 4.90 Å². The molecule has 0 N–H and O–H groups in total. The van der Waals surface area contributed by atoms with Crippen molar-refractivity contribution >= 4 is 20.4 Å². The first-order chi connectivity index (χ1) is 14.0. The van der Waals surface area contributed by atoms with E-state index in [4.69, 9.17) is 0 Å². The van der Waals surface area contributed by atoms with Gasteiger partial charge in [-0.2, -0.15) is 0 Å². The van der Waals surface area contributed by atoms with E-state index >= 15 is 0 Å². The van der Waals surface area contributed by atoms with Gasteiger partial charge in [-0.3, -0.25) is 14.9 Å². The fourth-order valence-corrected chi connectivity index (χ4v) is 6.71. The molecule has 1 atom stereocenters. The van der Waals surface area contributed by atoms with Gasteiger partial charge in [-0.05, 0) is 41.7 Å². The molecule has 2 aromatic carbocycles. The van der Waals surface area contributed by atoms with Gasteiger partial charge in [0.2, 0.25) is 0 Å². The van der Waals surface area contributed by atoms with Crippen LogP contribution in [0.25, 0.3) is 0 Å². The first-order valence-electron chi connectivity index (χ1n) is 10.1. The molecule has 0 aliphatic carbocycles. The van der Waals surface area contributed by atoms with E-state index in [1.807, 2.05) is 29.3 Å². The van der Waals surface area contributed by atoms with Gasteiger partial charge in [0.05, 0.1) is 13.7 Å². The lowest BCUT2D eigenvalue weighted by Gasteiger charge is -2.35. The number of amides is 1. The van der Waals surface area contributed by atoms with E-state index in [1.54, 1.807) is 12.1 Å². The molecule has 5 nitrogen and oxygen atoms in total. The van der Waals surface area contributed by atoms with Crippen molar-refractivity contribution in [3.63, 3.8) is 0 Å². The highest BCUT2D eigenvalue weighted by molar-refractivity contribution is 6.60. The maximum absolute atomic E-state index is 13.1. The number of carbonyl (C=O) groups is 1. The van der Waals surface area contributed by atoms with Gasteiger partial charge in [0.1, 0.15) is 0 Å². The molecule has 0 bridgehead atoms. The smallest absolute Gasteiger partial charge is 0.269 e. The molecule has 1 heterocycles. The molecule has 6 heteroatoms. The van der Waals surface area contributed by atoms with Crippen molar-refractivity contribution in [3.8, 4) is 0 Å². The summed E-state index contributed by atoms with van der Waals surface area (Å²) >= 11 is 0. The molecule has 2 aromatic rings. The van der Waals surface area contributed by atoms with Crippen LogP contribution in [0.3, 0.4) is 0 Å². The second kappa shape index (κ2) is 9.65. The molecule has 0 aromatic heterocycles. The number of carbonyl (C=O) groups excluding carboxylic acids is 1. The third kappa shape index (κ3) is 5.20. The summed E-state index contributed by atoms with van der Waals surface area (Å²) in [6.07, 6.45) is 3.91. The Morgan fingerprint density at radius 2 is 1.76 bits per heavy atom. The van der Waals surface area contributed by atoms with Crippen LogP contribution in [0, 0.1) is 10.1 Å². The molecular weight excluding hydrogens is 380 g/mol. The summed E-state index contributed by atoms with van der Waals surface area (Å²) < 4.78 is 0. The summed E-state index contributed by atoms with van der Waals surface area (Å²) in [6.45, 7) is 5.26. The zero-order valence-corrected chi connectivity index (χ0v) is 18.0. The normalized spacial score (nSPS) is 16.6. The molecule has 0 unspecified atom stereocenters. The van der Waals surface area contributed by atoms with Crippen molar-refractivity contribution in [1.82, 2.24) is 4.90 Å². The number of rotatable bonds is 7. The van der Waals surface area contributed by atoms with Crippen LogP contribution < -0.4 is 0 Å². The molecule has 0 fully saturated rings. The van der Waals surface area contributed by atoms with E-state index in [0.29, 0.717) is 11.1 Å². The highest BCUT2D eigenvalue weighted by atomic mass is 28.3. The molecule has 151 valence electrons. The monoisotopic (exact) mass is 407 g/mol. The molecule has 1 amide bonds. The minimum absolute atomic E-state index is 0.000779. The van der Waals surface area contributed by atoms with Gasteiger partial charge in [0.25, 0.3) is 11.6 Å².